The SMILES string of the molecule is C#COB(O)O.CC(C)(O)C(C)(C)O. The summed E-state index contributed by atoms with van der Waals surface area (Å²) in [6.45, 7) is 6.31. The van der Waals surface area contributed by atoms with Crippen LogP contribution >= 0.6 is 0 Å². The van der Waals surface area contributed by atoms with Gasteiger partial charge in [-0.05, 0) is 27.7 Å². The topological polar surface area (TPSA) is 90.2 Å². The first-order chi connectivity index (χ1) is 6.02. The third-order valence-electron chi connectivity index (χ3n) is 1.67. The molecule has 0 radical (unpaired) electrons. The predicted octanol–water partition coefficient (Wildman–Crippen LogP) is -0.909. The van der Waals surface area contributed by atoms with Gasteiger partial charge < -0.3 is 24.9 Å². The maximum atomic E-state index is 9.10. The van der Waals surface area contributed by atoms with Gasteiger partial charge in [0.1, 0.15) is 0 Å². The first-order valence-electron chi connectivity index (χ1n) is 3.94. The monoisotopic (exact) mass is 204 g/mol. The minimum Gasteiger partial charge on any atom is -0.462 e. The first kappa shape index (κ1) is 15.7. The van der Waals surface area contributed by atoms with Gasteiger partial charge in [0.15, 0.2) is 0 Å². The number of aliphatic hydroxyl groups is 2. The summed E-state index contributed by atoms with van der Waals surface area (Å²) in [5.74, 6) is 0. The smallest absolute Gasteiger partial charge is 0.462 e. The number of hydrogen-bond donors (Lipinski definition) is 4. The second-order valence-electron chi connectivity index (χ2n) is 3.68. The van der Waals surface area contributed by atoms with E-state index in [9.17, 15) is 0 Å². The van der Waals surface area contributed by atoms with Crippen LogP contribution in [0.2, 0.25) is 0 Å². The number of terminal acetylenes is 1. The van der Waals surface area contributed by atoms with Gasteiger partial charge in [-0.3, -0.25) is 0 Å². The molecule has 14 heavy (non-hydrogen) atoms. The van der Waals surface area contributed by atoms with E-state index < -0.39 is 18.5 Å². The lowest BCUT2D eigenvalue weighted by Gasteiger charge is -2.31. The van der Waals surface area contributed by atoms with Crippen LogP contribution in [-0.2, 0) is 4.65 Å². The van der Waals surface area contributed by atoms with Crippen LogP contribution in [0.3, 0.4) is 0 Å². The van der Waals surface area contributed by atoms with Crippen LogP contribution in [0.15, 0.2) is 0 Å². The highest BCUT2D eigenvalue weighted by molar-refractivity contribution is 6.33. The Morgan fingerprint density at radius 1 is 1.07 bits per heavy atom. The Hall–Kier alpha value is -0.735. The van der Waals surface area contributed by atoms with E-state index in [-0.39, 0.29) is 0 Å². The summed E-state index contributed by atoms with van der Waals surface area (Å²) < 4.78 is 3.68. The molecule has 0 aromatic rings. The molecule has 0 aliphatic heterocycles. The largest absolute Gasteiger partial charge is 0.716 e. The summed E-state index contributed by atoms with van der Waals surface area (Å²) in [6.07, 6.45) is 6.00. The zero-order chi connectivity index (χ0) is 12.0. The first-order valence-corrected chi connectivity index (χ1v) is 3.94. The van der Waals surface area contributed by atoms with Crippen LogP contribution < -0.4 is 0 Å². The van der Waals surface area contributed by atoms with Crippen molar-refractivity contribution in [3.8, 4) is 12.5 Å². The van der Waals surface area contributed by atoms with E-state index in [4.69, 9.17) is 20.3 Å². The van der Waals surface area contributed by atoms with Crippen molar-refractivity contribution >= 4 is 7.32 Å². The maximum absolute atomic E-state index is 9.10. The van der Waals surface area contributed by atoms with Crippen molar-refractivity contribution in [3.05, 3.63) is 0 Å². The van der Waals surface area contributed by atoms with Crippen LogP contribution in [0, 0.1) is 12.5 Å². The molecule has 5 nitrogen and oxygen atoms in total. The van der Waals surface area contributed by atoms with E-state index in [1.807, 2.05) is 0 Å². The van der Waals surface area contributed by atoms with Crippen molar-refractivity contribution in [1.29, 1.82) is 0 Å². The molecule has 0 amide bonds. The van der Waals surface area contributed by atoms with Crippen molar-refractivity contribution in [2.75, 3.05) is 0 Å². The van der Waals surface area contributed by atoms with Gasteiger partial charge in [-0.15, -0.1) is 0 Å². The summed E-state index contributed by atoms with van der Waals surface area (Å²) >= 11 is 0. The lowest BCUT2D eigenvalue weighted by atomic mass is 9.90. The quantitative estimate of drug-likeness (QED) is 0.345. The molecule has 0 aromatic heterocycles. The third kappa shape index (κ3) is 9.35. The van der Waals surface area contributed by atoms with Gasteiger partial charge in [0.25, 0.3) is 0 Å². The molecule has 0 bridgehead atoms. The lowest BCUT2D eigenvalue weighted by molar-refractivity contribution is -0.107. The fraction of sp³-hybridized carbons (Fsp3) is 0.750. The van der Waals surface area contributed by atoms with E-state index in [1.165, 1.54) is 0 Å². The Labute approximate surface area is 84.5 Å². The van der Waals surface area contributed by atoms with E-state index in [2.05, 4.69) is 11.1 Å². The van der Waals surface area contributed by atoms with Crippen LogP contribution in [0.4, 0.5) is 0 Å². The molecule has 0 aliphatic rings. The zero-order valence-electron chi connectivity index (χ0n) is 8.85. The standard InChI is InChI=1S/C6H14O2.C2H3BO3/c1-5(2,7)6(3,4)8;1-2-6-3(4)5/h7-8H,1-4H3;1,4-5H. The molecule has 0 fully saturated rings. The van der Waals surface area contributed by atoms with Crippen LogP contribution in [-0.4, -0.2) is 38.8 Å². The molecule has 0 rings (SSSR count). The summed E-state index contributed by atoms with van der Waals surface area (Å²) in [5, 5.41) is 33.7. The second kappa shape index (κ2) is 5.88. The van der Waals surface area contributed by atoms with Gasteiger partial charge in [-0.25, -0.2) is 0 Å². The van der Waals surface area contributed by atoms with Crippen molar-refractivity contribution in [3.63, 3.8) is 0 Å². The number of rotatable bonds is 2. The molecule has 0 saturated carbocycles. The van der Waals surface area contributed by atoms with E-state index in [1.54, 1.807) is 33.8 Å². The molecule has 0 saturated heterocycles. The molecule has 82 valence electrons. The van der Waals surface area contributed by atoms with Crippen LogP contribution in [0.25, 0.3) is 0 Å². The van der Waals surface area contributed by atoms with Gasteiger partial charge in [0.05, 0.1) is 17.3 Å². The van der Waals surface area contributed by atoms with Gasteiger partial charge in [-0.2, -0.15) is 0 Å². The van der Waals surface area contributed by atoms with Crippen molar-refractivity contribution in [2.24, 2.45) is 0 Å². The van der Waals surface area contributed by atoms with Gasteiger partial charge in [0, 0.05) is 0 Å². The van der Waals surface area contributed by atoms with Gasteiger partial charge in [-0.1, -0.05) is 6.42 Å². The molecule has 0 heterocycles. The van der Waals surface area contributed by atoms with Crippen molar-refractivity contribution in [1.82, 2.24) is 0 Å². The fourth-order valence-electron chi connectivity index (χ4n) is 0.0609. The number of hydrogen-bond acceptors (Lipinski definition) is 5. The summed E-state index contributed by atoms with van der Waals surface area (Å²) in [6, 6.07) is 0. The highest BCUT2D eigenvalue weighted by Gasteiger charge is 2.31. The molecule has 6 heteroatoms. The van der Waals surface area contributed by atoms with Crippen molar-refractivity contribution in [2.45, 2.75) is 38.9 Å². The Morgan fingerprint density at radius 2 is 1.36 bits per heavy atom. The summed E-state index contributed by atoms with van der Waals surface area (Å²) in [7, 11) is -1.84. The van der Waals surface area contributed by atoms with Crippen LogP contribution in [0.5, 0.6) is 0 Å². The average molecular weight is 204 g/mol. The predicted molar refractivity (Wildman–Crippen MR) is 52.7 cm³/mol. The molecule has 0 unspecified atom stereocenters. The van der Waals surface area contributed by atoms with E-state index in [0.29, 0.717) is 0 Å². The van der Waals surface area contributed by atoms with Crippen LogP contribution in [0.1, 0.15) is 27.7 Å². The van der Waals surface area contributed by atoms with E-state index >= 15 is 0 Å². The zero-order valence-corrected chi connectivity index (χ0v) is 8.85. The Morgan fingerprint density at radius 3 is 1.36 bits per heavy atom. The molecular weight excluding hydrogens is 187 g/mol. The Kier molecular flexibility index (Phi) is 6.61. The fourth-order valence-corrected chi connectivity index (χ4v) is 0.0609. The van der Waals surface area contributed by atoms with Crippen molar-refractivity contribution < 1.29 is 24.9 Å². The molecule has 4 N–H and O–H groups in total. The lowest BCUT2D eigenvalue weighted by Crippen LogP contribution is -2.44. The second-order valence-corrected chi connectivity index (χ2v) is 3.68. The minimum atomic E-state index is -1.84. The summed E-state index contributed by atoms with van der Waals surface area (Å²) in [4.78, 5) is 0. The molecule has 0 spiro atoms. The van der Waals surface area contributed by atoms with Gasteiger partial charge >= 0.3 is 7.32 Å². The maximum Gasteiger partial charge on any atom is 0.716 e. The molecule has 0 atom stereocenters. The minimum absolute atomic E-state index is 1.01. The Balaban J connectivity index is 0. The summed E-state index contributed by atoms with van der Waals surface area (Å²) in [5.41, 5.74) is -2.01. The normalized spacial score (nSPS) is 10.8. The highest BCUT2D eigenvalue weighted by Crippen LogP contribution is 2.19. The van der Waals surface area contributed by atoms with E-state index in [0.717, 1.165) is 0 Å². The van der Waals surface area contributed by atoms with Gasteiger partial charge in [0.2, 0.25) is 0 Å². The average Bonchev–Trinajstić information content (AvgIpc) is 1.82. The third-order valence-corrected chi connectivity index (χ3v) is 1.67. The molecule has 0 aliphatic carbocycles. The molecular formula is C8H17BO5. The molecule has 0 aromatic carbocycles. The Bertz CT molecular complexity index is 171. The highest BCUT2D eigenvalue weighted by atomic mass is 16.6.